The molecule has 0 aromatic carbocycles. The molecule has 0 heterocycles. The van der Waals surface area contributed by atoms with E-state index in [0.717, 1.165) is 25.7 Å². The Labute approximate surface area is 142 Å². The number of ketones is 1. The second-order valence-corrected chi connectivity index (χ2v) is 8.80. The smallest absolute Gasteiger partial charge is 0.136 e. The molecule has 0 aliphatic heterocycles. The van der Waals surface area contributed by atoms with Gasteiger partial charge in [-0.25, -0.2) is 0 Å². The van der Waals surface area contributed by atoms with E-state index in [1.165, 1.54) is 0 Å². The molecule has 3 heteroatoms. The van der Waals surface area contributed by atoms with Gasteiger partial charge in [0, 0.05) is 12.3 Å². The van der Waals surface area contributed by atoms with E-state index >= 15 is 0 Å². The van der Waals surface area contributed by atoms with Crippen LogP contribution >= 0.6 is 0 Å². The molecule has 2 aliphatic carbocycles. The van der Waals surface area contributed by atoms with Gasteiger partial charge in [-0.3, -0.25) is 4.79 Å². The van der Waals surface area contributed by atoms with Gasteiger partial charge in [0.05, 0.1) is 18.3 Å². The van der Waals surface area contributed by atoms with Crippen LogP contribution < -0.4 is 0 Å². The van der Waals surface area contributed by atoms with Crippen molar-refractivity contribution in [2.45, 2.75) is 91.8 Å². The van der Waals surface area contributed by atoms with E-state index in [2.05, 4.69) is 27.7 Å². The van der Waals surface area contributed by atoms with Crippen molar-refractivity contribution in [2.75, 3.05) is 6.61 Å². The molecule has 0 saturated heterocycles. The molecule has 134 valence electrons. The van der Waals surface area contributed by atoms with Gasteiger partial charge in [-0.2, -0.15) is 0 Å². The Balaban J connectivity index is 2.12. The minimum atomic E-state index is -0.719. The zero-order chi connectivity index (χ0) is 17.5. The zero-order valence-corrected chi connectivity index (χ0v) is 15.9. The Kier molecular flexibility index (Phi) is 5.33. The maximum Gasteiger partial charge on any atom is 0.136 e. The number of fused-ring (bicyclic) bond motifs is 1. The second kappa shape index (κ2) is 6.48. The first kappa shape index (κ1) is 18.9. The molecule has 2 saturated carbocycles. The SMILES string of the molecule is CCC(O)(CC)COC(C)C1CC2C(=O)CCCC2(C)C1(C)C. The molecule has 2 fully saturated rings. The Morgan fingerprint density at radius 2 is 1.91 bits per heavy atom. The van der Waals surface area contributed by atoms with Crippen LogP contribution in [0.1, 0.15) is 80.1 Å². The summed E-state index contributed by atoms with van der Waals surface area (Å²) in [6.45, 7) is 13.5. The number of hydrogen-bond donors (Lipinski definition) is 1. The summed E-state index contributed by atoms with van der Waals surface area (Å²) in [5.74, 6) is 1.02. The van der Waals surface area contributed by atoms with Gasteiger partial charge in [0.15, 0.2) is 0 Å². The van der Waals surface area contributed by atoms with Crippen molar-refractivity contribution in [2.24, 2.45) is 22.7 Å². The number of rotatable bonds is 6. The molecule has 2 rings (SSSR count). The lowest BCUT2D eigenvalue weighted by Gasteiger charge is -2.47. The molecule has 1 N–H and O–H groups in total. The summed E-state index contributed by atoms with van der Waals surface area (Å²) in [4.78, 5) is 12.5. The molecule has 0 bridgehead atoms. The van der Waals surface area contributed by atoms with Crippen molar-refractivity contribution in [3.8, 4) is 0 Å². The highest BCUT2D eigenvalue weighted by atomic mass is 16.5. The number of hydrogen-bond acceptors (Lipinski definition) is 3. The summed E-state index contributed by atoms with van der Waals surface area (Å²) in [7, 11) is 0. The topological polar surface area (TPSA) is 46.5 Å². The van der Waals surface area contributed by atoms with Crippen molar-refractivity contribution in [1.29, 1.82) is 0 Å². The minimum Gasteiger partial charge on any atom is -0.388 e. The highest BCUT2D eigenvalue weighted by Crippen LogP contribution is 2.64. The van der Waals surface area contributed by atoms with Crippen LogP contribution in [0.3, 0.4) is 0 Å². The van der Waals surface area contributed by atoms with Crippen molar-refractivity contribution < 1.29 is 14.6 Å². The molecule has 0 aromatic rings. The predicted octanol–water partition coefficient (Wildman–Crippen LogP) is 4.36. The lowest BCUT2D eigenvalue weighted by Crippen LogP contribution is -2.44. The maximum atomic E-state index is 12.5. The van der Waals surface area contributed by atoms with Crippen LogP contribution in [0, 0.1) is 22.7 Å². The maximum absolute atomic E-state index is 12.5. The fraction of sp³-hybridized carbons (Fsp3) is 0.950. The standard InChI is InChI=1S/C20H36O3/c1-7-20(22,8-2)13-23-14(3)15-12-16-17(21)10-9-11-19(16,6)18(15,4)5/h14-16,22H,7-13H2,1-6H3. The van der Waals surface area contributed by atoms with Crippen LogP contribution in [0.2, 0.25) is 0 Å². The Bertz CT molecular complexity index is 438. The number of ether oxygens (including phenoxy) is 1. The van der Waals surface area contributed by atoms with Crippen molar-refractivity contribution >= 4 is 5.78 Å². The largest absolute Gasteiger partial charge is 0.388 e. The summed E-state index contributed by atoms with van der Waals surface area (Å²) in [6, 6.07) is 0. The first-order valence-corrected chi connectivity index (χ1v) is 9.48. The normalized spacial score (nSPS) is 35.2. The molecule has 0 amide bonds. The van der Waals surface area contributed by atoms with Crippen molar-refractivity contribution in [1.82, 2.24) is 0 Å². The van der Waals surface area contributed by atoms with E-state index in [1.54, 1.807) is 0 Å². The van der Waals surface area contributed by atoms with E-state index in [1.807, 2.05) is 13.8 Å². The van der Waals surface area contributed by atoms with E-state index in [0.29, 0.717) is 31.1 Å². The van der Waals surface area contributed by atoms with E-state index in [-0.39, 0.29) is 22.9 Å². The van der Waals surface area contributed by atoms with Gasteiger partial charge in [-0.1, -0.05) is 34.6 Å². The average molecular weight is 325 g/mol. The van der Waals surface area contributed by atoms with Crippen LogP contribution in [0.15, 0.2) is 0 Å². The minimum absolute atomic E-state index is 0.0739. The lowest BCUT2D eigenvalue weighted by molar-refractivity contribution is -0.131. The highest BCUT2D eigenvalue weighted by Gasteiger charge is 2.61. The third-order valence-corrected chi connectivity index (χ3v) is 7.66. The van der Waals surface area contributed by atoms with Crippen LogP contribution in [-0.2, 0) is 9.53 Å². The van der Waals surface area contributed by atoms with Gasteiger partial charge < -0.3 is 9.84 Å². The monoisotopic (exact) mass is 324 g/mol. The molecule has 0 spiro atoms. The molecule has 2 aliphatic rings. The van der Waals surface area contributed by atoms with Gasteiger partial charge in [0.25, 0.3) is 0 Å². The lowest BCUT2D eigenvalue weighted by atomic mass is 9.57. The molecule has 0 aromatic heterocycles. The van der Waals surface area contributed by atoms with E-state index in [4.69, 9.17) is 4.74 Å². The van der Waals surface area contributed by atoms with E-state index in [9.17, 15) is 9.90 Å². The molecule has 4 atom stereocenters. The summed E-state index contributed by atoms with van der Waals surface area (Å²) < 4.78 is 6.13. The highest BCUT2D eigenvalue weighted by molar-refractivity contribution is 5.83. The molecule has 23 heavy (non-hydrogen) atoms. The van der Waals surface area contributed by atoms with Gasteiger partial charge in [-0.05, 0) is 55.8 Å². The number of carbonyl (C=O) groups excluding carboxylic acids is 1. The molecule has 0 radical (unpaired) electrons. The second-order valence-electron chi connectivity index (χ2n) is 8.80. The Morgan fingerprint density at radius 3 is 2.43 bits per heavy atom. The van der Waals surface area contributed by atoms with Crippen molar-refractivity contribution in [3.63, 3.8) is 0 Å². The summed E-state index contributed by atoms with van der Waals surface area (Å²) in [5, 5.41) is 10.5. The number of carbonyl (C=O) groups is 1. The summed E-state index contributed by atoms with van der Waals surface area (Å²) in [6.07, 6.45) is 5.37. The first-order chi connectivity index (χ1) is 10.6. The number of aliphatic hydroxyl groups is 1. The van der Waals surface area contributed by atoms with Crippen LogP contribution in [-0.4, -0.2) is 29.2 Å². The fourth-order valence-electron chi connectivity index (χ4n) is 5.10. The van der Waals surface area contributed by atoms with Crippen LogP contribution in [0.5, 0.6) is 0 Å². The van der Waals surface area contributed by atoms with Gasteiger partial charge >= 0.3 is 0 Å². The van der Waals surface area contributed by atoms with Crippen molar-refractivity contribution in [3.05, 3.63) is 0 Å². The molecule has 4 unspecified atom stereocenters. The first-order valence-electron chi connectivity index (χ1n) is 9.48. The van der Waals surface area contributed by atoms with E-state index < -0.39 is 5.60 Å². The number of Topliss-reactive ketones (excluding diaryl/α,β-unsaturated/α-hetero) is 1. The van der Waals surface area contributed by atoms with Gasteiger partial charge in [0.1, 0.15) is 5.78 Å². The molecule has 3 nitrogen and oxygen atoms in total. The van der Waals surface area contributed by atoms with Crippen LogP contribution in [0.25, 0.3) is 0 Å². The Morgan fingerprint density at radius 1 is 1.30 bits per heavy atom. The zero-order valence-electron chi connectivity index (χ0n) is 15.9. The molecular weight excluding hydrogens is 288 g/mol. The fourth-order valence-corrected chi connectivity index (χ4v) is 5.10. The van der Waals surface area contributed by atoms with Crippen LogP contribution in [0.4, 0.5) is 0 Å². The third kappa shape index (κ3) is 3.11. The molecular formula is C20H36O3. The quantitative estimate of drug-likeness (QED) is 0.789. The summed E-state index contributed by atoms with van der Waals surface area (Å²) >= 11 is 0. The van der Waals surface area contributed by atoms with Gasteiger partial charge in [0.2, 0.25) is 0 Å². The van der Waals surface area contributed by atoms with Gasteiger partial charge in [-0.15, -0.1) is 0 Å². The third-order valence-electron chi connectivity index (χ3n) is 7.66. The summed E-state index contributed by atoms with van der Waals surface area (Å²) in [5.41, 5.74) is -0.538. The Hall–Kier alpha value is -0.410. The predicted molar refractivity (Wildman–Crippen MR) is 93.3 cm³/mol. The average Bonchev–Trinajstić information content (AvgIpc) is 2.73.